The van der Waals surface area contributed by atoms with E-state index in [1.54, 1.807) is 0 Å². The smallest absolute Gasteiger partial charge is 1.00 e. The number of hydrogen-bond donors (Lipinski definition) is 1. The molecule has 29 heavy (non-hydrogen) atoms. The Kier molecular flexibility index (Phi) is 10.3. The maximum absolute atomic E-state index is 12.0. The normalized spacial score (nSPS) is 11.4. The molecule has 0 unspecified atom stereocenters. The molecule has 2 rings (SSSR count). The van der Waals surface area contributed by atoms with Crippen LogP contribution in [0.1, 0.15) is 20.8 Å². The van der Waals surface area contributed by atoms with E-state index in [0.717, 1.165) is 30.2 Å². The van der Waals surface area contributed by atoms with E-state index in [4.69, 9.17) is 9.47 Å². The second kappa shape index (κ2) is 11.7. The first kappa shape index (κ1) is 25.6. The van der Waals surface area contributed by atoms with Crippen LogP contribution in [0.15, 0.2) is 59.5 Å². The fourth-order valence-corrected chi connectivity index (χ4v) is 3.62. The number of carbonyl (C=O) groups excluding carboxylic acids is 1. The fraction of sp³-hybridized carbons (Fsp3) is 0.350. The van der Waals surface area contributed by atoms with Gasteiger partial charge < -0.3 is 15.4 Å². The van der Waals surface area contributed by atoms with E-state index in [1.165, 1.54) is 23.8 Å². The van der Waals surface area contributed by atoms with Gasteiger partial charge in [-0.3, -0.25) is 4.55 Å². The van der Waals surface area contributed by atoms with Gasteiger partial charge in [0.15, 0.2) is 5.75 Å². The van der Waals surface area contributed by atoms with Crippen LogP contribution in [0, 0.1) is 0 Å². The summed E-state index contributed by atoms with van der Waals surface area (Å²) < 4.78 is 42.8. The number of hydrogen-bond acceptors (Lipinski definition) is 5. The molecule has 7 nitrogen and oxygen atoms in total. The number of benzene rings is 2. The first-order valence-corrected chi connectivity index (χ1v) is 10.5. The van der Waals surface area contributed by atoms with Gasteiger partial charge >= 0.3 is 35.7 Å². The van der Waals surface area contributed by atoms with E-state index in [2.05, 4.69) is 26.0 Å². The molecule has 0 heterocycles. The molecule has 0 fully saturated rings. The van der Waals surface area contributed by atoms with E-state index in [-0.39, 0.29) is 43.3 Å². The Morgan fingerprint density at radius 1 is 1.03 bits per heavy atom. The van der Waals surface area contributed by atoms with Gasteiger partial charge in [-0.15, -0.1) is 0 Å². The van der Waals surface area contributed by atoms with Crippen molar-refractivity contribution in [2.45, 2.75) is 25.3 Å². The first-order valence-electron chi connectivity index (χ1n) is 9.10. The number of quaternary nitrogens is 1. The number of rotatable bonds is 9. The SMILES string of the molecule is CC[N+](CC)(CCOC(=O)Oc1ccccc1S(=O)(=O)O)Cc1ccccc1.[H-].[Na+]. The molecule has 0 amide bonds. The second-order valence-electron chi connectivity index (χ2n) is 6.46. The van der Waals surface area contributed by atoms with Gasteiger partial charge in [0.25, 0.3) is 10.1 Å². The number of carbonyl (C=O) groups is 1. The summed E-state index contributed by atoms with van der Waals surface area (Å²) in [6.07, 6.45) is -1.01. The average Bonchev–Trinajstić information content (AvgIpc) is 2.67. The van der Waals surface area contributed by atoms with Crippen molar-refractivity contribution in [2.24, 2.45) is 0 Å². The number of ether oxygens (including phenoxy) is 2. The Labute approximate surface area is 195 Å². The molecule has 0 spiro atoms. The van der Waals surface area contributed by atoms with Gasteiger partial charge in [-0.05, 0) is 26.0 Å². The minimum Gasteiger partial charge on any atom is -1.00 e. The van der Waals surface area contributed by atoms with Crippen molar-refractivity contribution in [2.75, 3.05) is 26.2 Å². The standard InChI is InChI=1S/C20H25NO6S.Na.H/c1-3-21(4-2,16-17-10-6-5-7-11-17)14-15-26-20(22)27-18-12-8-9-13-19(18)28(23,24)25;;/h5-13H,3-4,14-16H2,1-2H3;;/q;+1;-1/p+1. The molecule has 0 aliphatic heterocycles. The molecular weight excluding hydrogens is 405 g/mol. The van der Waals surface area contributed by atoms with Gasteiger partial charge in [-0.25, -0.2) is 4.79 Å². The first-order chi connectivity index (χ1) is 13.3. The van der Waals surface area contributed by atoms with Crippen molar-refractivity contribution < 1.29 is 62.7 Å². The molecule has 9 heteroatoms. The Hall–Kier alpha value is -1.42. The molecule has 0 aliphatic rings. The molecule has 1 N–H and O–H groups in total. The van der Waals surface area contributed by atoms with E-state index in [0.29, 0.717) is 6.54 Å². The van der Waals surface area contributed by atoms with Gasteiger partial charge in [0.05, 0.1) is 13.1 Å². The zero-order valence-electron chi connectivity index (χ0n) is 18.1. The maximum Gasteiger partial charge on any atom is 1.00 e. The zero-order chi connectivity index (χ0) is 20.6. The van der Waals surface area contributed by atoms with E-state index >= 15 is 0 Å². The Morgan fingerprint density at radius 3 is 2.21 bits per heavy atom. The molecule has 0 atom stereocenters. The summed E-state index contributed by atoms with van der Waals surface area (Å²) in [6.45, 7) is 7.46. The van der Waals surface area contributed by atoms with Crippen molar-refractivity contribution in [3.8, 4) is 5.75 Å². The molecule has 0 radical (unpaired) electrons. The minimum absolute atomic E-state index is 0. The summed E-state index contributed by atoms with van der Waals surface area (Å²) in [5.41, 5.74) is 1.20. The van der Waals surface area contributed by atoms with E-state index in [9.17, 15) is 17.8 Å². The van der Waals surface area contributed by atoms with Crippen LogP contribution in [0.3, 0.4) is 0 Å². The van der Waals surface area contributed by atoms with Gasteiger partial charge in [0.2, 0.25) is 0 Å². The summed E-state index contributed by atoms with van der Waals surface area (Å²) in [4.78, 5) is 11.5. The van der Waals surface area contributed by atoms with Crippen molar-refractivity contribution in [3.63, 3.8) is 0 Å². The number of likely N-dealkylation sites (N-methyl/N-ethyl adjacent to an activating group) is 1. The Morgan fingerprint density at radius 2 is 1.62 bits per heavy atom. The van der Waals surface area contributed by atoms with Gasteiger partial charge in [0.1, 0.15) is 24.6 Å². The minimum atomic E-state index is -4.50. The second-order valence-corrected chi connectivity index (χ2v) is 7.85. The summed E-state index contributed by atoms with van der Waals surface area (Å²) in [6, 6.07) is 15.4. The fourth-order valence-electron chi connectivity index (χ4n) is 3.00. The average molecular weight is 432 g/mol. The van der Waals surface area contributed by atoms with Crippen LogP contribution in [-0.2, 0) is 21.4 Å². The van der Waals surface area contributed by atoms with Gasteiger partial charge in [-0.2, -0.15) is 8.42 Å². The topological polar surface area (TPSA) is 89.9 Å². The number of nitrogens with zero attached hydrogens (tertiary/aromatic N) is 1. The largest absolute Gasteiger partial charge is 1.00 e. The molecule has 0 saturated heterocycles. The molecular formula is C20H27NNaO6S+. The third-order valence-electron chi connectivity index (χ3n) is 4.81. The predicted molar refractivity (Wildman–Crippen MR) is 106 cm³/mol. The molecule has 0 aliphatic carbocycles. The summed E-state index contributed by atoms with van der Waals surface area (Å²) in [5, 5.41) is 0. The van der Waals surface area contributed by atoms with Crippen molar-refractivity contribution in [1.82, 2.24) is 0 Å². The quantitative estimate of drug-likeness (QED) is 0.205. The van der Waals surface area contributed by atoms with Crippen molar-refractivity contribution >= 4 is 16.3 Å². The Bertz CT molecular complexity index is 891. The van der Waals surface area contributed by atoms with Gasteiger partial charge in [-0.1, -0.05) is 42.5 Å². The predicted octanol–water partition coefficient (Wildman–Crippen LogP) is 0.622. The molecule has 2 aromatic carbocycles. The zero-order valence-corrected chi connectivity index (χ0v) is 19.9. The Balaban J connectivity index is 0.00000420. The number of para-hydroxylation sites is 1. The summed E-state index contributed by atoms with van der Waals surface area (Å²) in [7, 11) is -4.50. The van der Waals surface area contributed by atoms with Crippen molar-refractivity contribution in [1.29, 1.82) is 0 Å². The summed E-state index contributed by atoms with van der Waals surface area (Å²) >= 11 is 0. The van der Waals surface area contributed by atoms with Crippen LogP contribution >= 0.6 is 0 Å². The third-order valence-corrected chi connectivity index (χ3v) is 5.70. The van der Waals surface area contributed by atoms with Crippen LogP contribution in [0.5, 0.6) is 5.75 Å². The molecule has 0 saturated carbocycles. The van der Waals surface area contributed by atoms with Crippen LogP contribution in [-0.4, -0.2) is 49.9 Å². The monoisotopic (exact) mass is 432 g/mol. The van der Waals surface area contributed by atoms with E-state index < -0.39 is 21.2 Å². The molecule has 154 valence electrons. The van der Waals surface area contributed by atoms with Crippen LogP contribution in [0.4, 0.5) is 4.79 Å². The van der Waals surface area contributed by atoms with Crippen LogP contribution < -0.4 is 34.3 Å². The maximum atomic E-state index is 12.0. The van der Waals surface area contributed by atoms with Crippen molar-refractivity contribution in [3.05, 3.63) is 60.2 Å². The van der Waals surface area contributed by atoms with Crippen LogP contribution in [0.2, 0.25) is 0 Å². The third kappa shape index (κ3) is 7.73. The van der Waals surface area contributed by atoms with E-state index in [1.807, 2.05) is 18.2 Å². The van der Waals surface area contributed by atoms with Gasteiger partial charge in [0, 0.05) is 5.56 Å². The van der Waals surface area contributed by atoms with Crippen LogP contribution in [0.25, 0.3) is 0 Å². The molecule has 2 aromatic rings. The summed E-state index contributed by atoms with van der Waals surface area (Å²) in [5.74, 6) is -0.272. The molecule has 0 bridgehead atoms. The molecule has 0 aromatic heterocycles.